The van der Waals surface area contributed by atoms with Crippen molar-refractivity contribution in [1.82, 2.24) is 0 Å². The van der Waals surface area contributed by atoms with Crippen LogP contribution in [0.1, 0.15) is 11.6 Å². The van der Waals surface area contributed by atoms with Gasteiger partial charge in [-0.2, -0.15) is 0 Å². The summed E-state index contributed by atoms with van der Waals surface area (Å²) >= 11 is 0. The zero-order valence-corrected chi connectivity index (χ0v) is 7.10. The van der Waals surface area contributed by atoms with Crippen molar-refractivity contribution in [2.24, 2.45) is 5.73 Å². The van der Waals surface area contributed by atoms with Gasteiger partial charge in [-0.05, 0) is 17.7 Å². The highest BCUT2D eigenvalue weighted by Crippen LogP contribution is 2.23. The summed E-state index contributed by atoms with van der Waals surface area (Å²) in [6.45, 7) is -0.0513. The molecule has 0 aliphatic carbocycles. The number of aliphatic hydroxyl groups is 1. The van der Waals surface area contributed by atoms with Crippen molar-refractivity contribution < 1.29 is 9.52 Å². The highest BCUT2D eigenvalue weighted by Gasteiger charge is 2.09. The molecule has 0 saturated carbocycles. The van der Waals surface area contributed by atoms with E-state index in [4.69, 9.17) is 15.3 Å². The second kappa shape index (κ2) is 3.20. The van der Waals surface area contributed by atoms with E-state index in [9.17, 15) is 0 Å². The molecular weight excluding hydrogens is 166 g/mol. The molecule has 2 aromatic rings. The molecule has 1 atom stereocenters. The van der Waals surface area contributed by atoms with Gasteiger partial charge in [-0.3, -0.25) is 0 Å². The van der Waals surface area contributed by atoms with Gasteiger partial charge in [0.15, 0.2) is 0 Å². The second-order valence-corrected chi connectivity index (χ2v) is 2.97. The Labute approximate surface area is 75.8 Å². The Kier molecular flexibility index (Phi) is 2.04. The van der Waals surface area contributed by atoms with Crippen LogP contribution in [0.3, 0.4) is 0 Å². The summed E-state index contributed by atoms with van der Waals surface area (Å²) in [6, 6.07) is 7.18. The molecule has 0 fully saturated rings. The average molecular weight is 177 g/mol. The van der Waals surface area contributed by atoms with Crippen molar-refractivity contribution in [2.75, 3.05) is 6.61 Å². The third kappa shape index (κ3) is 1.32. The summed E-state index contributed by atoms with van der Waals surface area (Å²) < 4.78 is 5.22. The first-order valence-corrected chi connectivity index (χ1v) is 4.15. The van der Waals surface area contributed by atoms with Gasteiger partial charge < -0.3 is 15.3 Å². The van der Waals surface area contributed by atoms with Crippen molar-refractivity contribution in [1.29, 1.82) is 0 Å². The Hall–Kier alpha value is -1.32. The third-order valence-electron chi connectivity index (χ3n) is 2.13. The number of benzene rings is 1. The van der Waals surface area contributed by atoms with Crippen LogP contribution in [0.15, 0.2) is 34.9 Å². The average Bonchev–Trinajstić information content (AvgIpc) is 2.63. The van der Waals surface area contributed by atoms with Crippen molar-refractivity contribution in [3.63, 3.8) is 0 Å². The van der Waals surface area contributed by atoms with E-state index >= 15 is 0 Å². The van der Waals surface area contributed by atoms with Crippen molar-refractivity contribution in [3.05, 3.63) is 36.1 Å². The molecular formula is C10H11NO2. The Balaban J connectivity index is 2.60. The number of furan rings is 1. The number of hydrogen-bond acceptors (Lipinski definition) is 3. The van der Waals surface area contributed by atoms with E-state index in [1.165, 1.54) is 0 Å². The lowest BCUT2D eigenvalue weighted by molar-refractivity contribution is 0.268. The molecule has 1 aromatic carbocycles. The van der Waals surface area contributed by atoms with E-state index < -0.39 is 0 Å². The Morgan fingerprint density at radius 2 is 2.23 bits per heavy atom. The van der Waals surface area contributed by atoms with Gasteiger partial charge >= 0.3 is 0 Å². The topological polar surface area (TPSA) is 59.4 Å². The molecule has 0 saturated heterocycles. The number of nitrogens with two attached hydrogens (primary N) is 1. The Morgan fingerprint density at radius 1 is 1.38 bits per heavy atom. The predicted molar refractivity (Wildman–Crippen MR) is 50.2 cm³/mol. The van der Waals surface area contributed by atoms with Gasteiger partial charge in [-0.15, -0.1) is 0 Å². The SMILES string of the molecule is N[C@H](CO)c1cccc2occc12. The standard InChI is InChI=1S/C10H11NO2/c11-9(6-12)7-2-1-3-10-8(7)4-5-13-10/h1-5,9,12H,6,11H2/t9-/m1/s1. The summed E-state index contributed by atoms with van der Waals surface area (Å²) in [4.78, 5) is 0. The molecule has 3 heteroatoms. The van der Waals surface area contributed by atoms with Crippen LogP contribution in [0.25, 0.3) is 11.0 Å². The van der Waals surface area contributed by atoms with E-state index in [0.29, 0.717) is 0 Å². The molecule has 0 spiro atoms. The summed E-state index contributed by atoms with van der Waals surface area (Å²) in [5, 5.41) is 9.91. The molecule has 0 amide bonds. The van der Waals surface area contributed by atoms with Crippen LogP contribution in [0, 0.1) is 0 Å². The normalized spacial score (nSPS) is 13.4. The fraction of sp³-hybridized carbons (Fsp3) is 0.200. The monoisotopic (exact) mass is 177 g/mol. The lowest BCUT2D eigenvalue weighted by Gasteiger charge is -2.08. The van der Waals surface area contributed by atoms with Crippen LogP contribution in [-0.2, 0) is 0 Å². The minimum Gasteiger partial charge on any atom is -0.464 e. The first kappa shape index (κ1) is 8.29. The Morgan fingerprint density at radius 3 is 3.00 bits per heavy atom. The lowest BCUT2D eigenvalue weighted by Crippen LogP contribution is -2.14. The van der Waals surface area contributed by atoms with Gasteiger partial charge in [0, 0.05) is 5.39 Å². The molecule has 68 valence electrons. The summed E-state index contributed by atoms with van der Waals surface area (Å²) in [7, 11) is 0. The van der Waals surface area contributed by atoms with Crippen LogP contribution in [0.4, 0.5) is 0 Å². The quantitative estimate of drug-likeness (QED) is 0.729. The van der Waals surface area contributed by atoms with Crippen molar-refractivity contribution in [3.8, 4) is 0 Å². The maximum Gasteiger partial charge on any atom is 0.134 e. The molecule has 3 nitrogen and oxygen atoms in total. The van der Waals surface area contributed by atoms with Crippen molar-refractivity contribution >= 4 is 11.0 Å². The van der Waals surface area contributed by atoms with E-state index in [-0.39, 0.29) is 12.6 Å². The molecule has 0 bridgehead atoms. The highest BCUT2D eigenvalue weighted by atomic mass is 16.3. The predicted octanol–water partition coefficient (Wildman–Crippen LogP) is 1.42. The summed E-state index contributed by atoms with van der Waals surface area (Å²) in [5.41, 5.74) is 7.46. The van der Waals surface area contributed by atoms with Gasteiger partial charge in [-0.1, -0.05) is 12.1 Å². The molecule has 13 heavy (non-hydrogen) atoms. The molecule has 0 aliphatic heterocycles. The molecule has 1 heterocycles. The minimum absolute atomic E-state index is 0.0513. The van der Waals surface area contributed by atoms with Crippen LogP contribution in [0.2, 0.25) is 0 Å². The van der Waals surface area contributed by atoms with Gasteiger partial charge in [0.1, 0.15) is 5.58 Å². The van der Waals surface area contributed by atoms with E-state index in [1.54, 1.807) is 6.26 Å². The number of rotatable bonds is 2. The fourth-order valence-electron chi connectivity index (χ4n) is 1.44. The van der Waals surface area contributed by atoms with Gasteiger partial charge in [0.25, 0.3) is 0 Å². The molecule has 0 unspecified atom stereocenters. The lowest BCUT2D eigenvalue weighted by atomic mass is 10.0. The van der Waals surface area contributed by atoms with Gasteiger partial charge in [-0.25, -0.2) is 0 Å². The van der Waals surface area contributed by atoms with Gasteiger partial charge in [0.2, 0.25) is 0 Å². The molecule has 1 aromatic heterocycles. The zero-order valence-electron chi connectivity index (χ0n) is 7.10. The molecule has 0 radical (unpaired) electrons. The molecule has 0 aliphatic rings. The minimum atomic E-state index is -0.332. The van der Waals surface area contributed by atoms with E-state index in [0.717, 1.165) is 16.5 Å². The number of hydrogen-bond donors (Lipinski definition) is 2. The highest BCUT2D eigenvalue weighted by molar-refractivity contribution is 5.81. The first-order valence-electron chi connectivity index (χ1n) is 4.15. The molecule has 2 rings (SSSR count). The third-order valence-corrected chi connectivity index (χ3v) is 2.13. The van der Waals surface area contributed by atoms with Crippen molar-refractivity contribution in [2.45, 2.75) is 6.04 Å². The molecule has 3 N–H and O–H groups in total. The largest absolute Gasteiger partial charge is 0.464 e. The first-order chi connectivity index (χ1) is 6.33. The fourth-order valence-corrected chi connectivity index (χ4v) is 1.44. The van der Waals surface area contributed by atoms with Crippen LogP contribution < -0.4 is 5.73 Å². The number of aliphatic hydroxyl groups excluding tert-OH is 1. The maximum absolute atomic E-state index is 8.93. The van der Waals surface area contributed by atoms with Crippen LogP contribution >= 0.6 is 0 Å². The van der Waals surface area contributed by atoms with Gasteiger partial charge in [0.05, 0.1) is 18.9 Å². The van der Waals surface area contributed by atoms with Crippen LogP contribution in [-0.4, -0.2) is 11.7 Å². The van der Waals surface area contributed by atoms with E-state index in [1.807, 2.05) is 24.3 Å². The maximum atomic E-state index is 8.93. The Bertz CT molecular complexity index is 408. The van der Waals surface area contributed by atoms with Crippen LogP contribution in [0.5, 0.6) is 0 Å². The summed E-state index contributed by atoms with van der Waals surface area (Å²) in [5.74, 6) is 0. The number of fused-ring (bicyclic) bond motifs is 1. The zero-order chi connectivity index (χ0) is 9.26. The smallest absolute Gasteiger partial charge is 0.134 e. The second-order valence-electron chi connectivity index (χ2n) is 2.97. The van der Waals surface area contributed by atoms with E-state index in [2.05, 4.69) is 0 Å². The summed E-state index contributed by atoms with van der Waals surface area (Å²) in [6.07, 6.45) is 1.62.